The van der Waals surface area contributed by atoms with E-state index in [1.165, 1.54) is 18.2 Å². The SMILES string of the molecule is N/C(=N/O)C(NC(=O)c1cccc(=O)[nH]1)C1CC1. The Kier molecular flexibility index (Phi) is 3.31. The average Bonchev–Trinajstić information content (AvgIpc) is 3.19. The molecule has 1 unspecified atom stereocenters. The zero-order chi connectivity index (χ0) is 13.1. The number of nitrogens with zero attached hydrogens (tertiary/aromatic N) is 1. The van der Waals surface area contributed by atoms with Gasteiger partial charge in [-0.1, -0.05) is 11.2 Å². The third-order valence-corrected chi connectivity index (χ3v) is 2.83. The summed E-state index contributed by atoms with van der Waals surface area (Å²) in [6.45, 7) is 0. The number of nitrogens with two attached hydrogens (primary N) is 1. The van der Waals surface area contributed by atoms with Gasteiger partial charge in [-0.25, -0.2) is 0 Å². The number of amides is 1. The minimum atomic E-state index is -0.494. The highest BCUT2D eigenvalue weighted by Crippen LogP contribution is 2.32. The largest absolute Gasteiger partial charge is 0.409 e. The van der Waals surface area contributed by atoms with Gasteiger partial charge in [0.15, 0.2) is 5.84 Å². The van der Waals surface area contributed by atoms with Gasteiger partial charge in [0.25, 0.3) is 5.91 Å². The molecule has 1 heterocycles. The molecule has 2 rings (SSSR count). The van der Waals surface area contributed by atoms with Crippen LogP contribution in [0.25, 0.3) is 0 Å². The van der Waals surface area contributed by atoms with Crippen molar-refractivity contribution in [1.29, 1.82) is 0 Å². The number of nitrogens with one attached hydrogen (secondary N) is 2. The summed E-state index contributed by atoms with van der Waals surface area (Å²) in [7, 11) is 0. The van der Waals surface area contributed by atoms with E-state index in [4.69, 9.17) is 10.9 Å². The summed E-state index contributed by atoms with van der Waals surface area (Å²) in [6.07, 6.45) is 1.85. The van der Waals surface area contributed by atoms with Crippen molar-refractivity contribution in [2.45, 2.75) is 18.9 Å². The fourth-order valence-corrected chi connectivity index (χ4v) is 1.72. The van der Waals surface area contributed by atoms with Gasteiger partial charge in [0.2, 0.25) is 5.56 Å². The van der Waals surface area contributed by atoms with E-state index in [0.717, 1.165) is 12.8 Å². The molecule has 1 aromatic rings. The van der Waals surface area contributed by atoms with Gasteiger partial charge in [0, 0.05) is 6.07 Å². The van der Waals surface area contributed by atoms with Crippen molar-refractivity contribution in [3.05, 3.63) is 34.2 Å². The molecule has 1 aliphatic carbocycles. The molecular weight excluding hydrogens is 236 g/mol. The van der Waals surface area contributed by atoms with Gasteiger partial charge >= 0.3 is 0 Å². The third-order valence-electron chi connectivity index (χ3n) is 2.83. The second-order valence-electron chi connectivity index (χ2n) is 4.24. The number of aromatic amines is 1. The normalized spacial score (nSPS) is 17.2. The van der Waals surface area contributed by atoms with Crippen molar-refractivity contribution >= 4 is 11.7 Å². The monoisotopic (exact) mass is 250 g/mol. The van der Waals surface area contributed by atoms with E-state index in [9.17, 15) is 9.59 Å². The average molecular weight is 250 g/mol. The number of carbonyl (C=O) groups is 1. The van der Waals surface area contributed by atoms with Gasteiger partial charge in [-0.15, -0.1) is 0 Å². The summed E-state index contributed by atoms with van der Waals surface area (Å²) in [5.41, 5.74) is 5.33. The standard InChI is InChI=1S/C11H14N4O3/c12-10(15-18)9(6-4-5-6)14-11(17)7-2-1-3-8(16)13-7/h1-3,6,9,18H,4-5H2,(H2,12,15)(H,13,16)(H,14,17). The van der Waals surface area contributed by atoms with Crippen LogP contribution in [0.2, 0.25) is 0 Å². The maximum Gasteiger partial charge on any atom is 0.268 e. The molecule has 1 aliphatic rings. The molecule has 5 N–H and O–H groups in total. The van der Waals surface area contributed by atoms with E-state index < -0.39 is 11.9 Å². The number of pyridine rings is 1. The van der Waals surface area contributed by atoms with E-state index in [0.29, 0.717) is 0 Å². The quantitative estimate of drug-likeness (QED) is 0.252. The fraction of sp³-hybridized carbons (Fsp3) is 0.364. The highest BCUT2D eigenvalue weighted by Gasteiger charge is 2.35. The molecule has 18 heavy (non-hydrogen) atoms. The molecule has 0 saturated heterocycles. The van der Waals surface area contributed by atoms with Crippen molar-refractivity contribution in [3.8, 4) is 0 Å². The number of oxime groups is 1. The van der Waals surface area contributed by atoms with Crippen LogP contribution in [0.1, 0.15) is 23.3 Å². The van der Waals surface area contributed by atoms with E-state index >= 15 is 0 Å². The Morgan fingerprint density at radius 3 is 2.83 bits per heavy atom. The number of aromatic nitrogens is 1. The summed E-state index contributed by atoms with van der Waals surface area (Å²) in [4.78, 5) is 25.4. The third kappa shape index (κ3) is 2.68. The molecule has 1 saturated carbocycles. The summed E-state index contributed by atoms with van der Waals surface area (Å²) in [6, 6.07) is 3.81. The number of amidine groups is 1. The molecule has 1 aromatic heterocycles. The minimum absolute atomic E-state index is 0.0240. The van der Waals surface area contributed by atoms with Crippen molar-refractivity contribution in [1.82, 2.24) is 10.3 Å². The second kappa shape index (κ2) is 4.91. The lowest BCUT2D eigenvalue weighted by atomic mass is 10.1. The molecule has 1 amide bonds. The van der Waals surface area contributed by atoms with Crippen molar-refractivity contribution in [3.63, 3.8) is 0 Å². The maximum absolute atomic E-state index is 11.9. The van der Waals surface area contributed by atoms with Crippen molar-refractivity contribution in [2.75, 3.05) is 0 Å². The van der Waals surface area contributed by atoms with Crippen LogP contribution in [-0.2, 0) is 0 Å². The van der Waals surface area contributed by atoms with Crippen LogP contribution in [0.5, 0.6) is 0 Å². The number of hydrogen-bond acceptors (Lipinski definition) is 4. The predicted molar refractivity (Wildman–Crippen MR) is 64.4 cm³/mol. The second-order valence-corrected chi connectivity index (χ2v) is 4.24. The Morgan fingerprint density at radius 1 is 1.56 bits per heavy atom. The molecule has 0 aliphatic heterocycles. The van der Waals surface area contributed by atoms with Crippen LogP contribution < -0.4 is 16.6 Å². The highest BCUT2D eigenvalue weighted by atomic mass is 16.4. The summed E-state index contributed by atoms with van der Waals surface area (Å²) in [5, 5.41) is 14.2. The van der Waals surface area contributed by atoms with Crippen molar-refractivity contribution < 1.29 is 10.0 Å². The van der Waals surface area contributed by atoms with Crippen LogP contribution in [0.15, 0.2) is 28.1 Å². The van der Waals surface area contributed by atoms with E-state index in [2.05, 4.69) is 15.5 Å². The Bertz CT molecular complexity index is 533. The van der Waals surface area contributed by atoms with E-state index in [-0.39, 0.29) is 23.0 Å². The first-order valence-corrected chi connectivity index (χ1v) is 5.59. The number of rotatable bonds is 4. The highest BCUT2D eigenvalue weighted by molar-refractivity contribution is 5.97. The summed E-state index contributed by atoms with van der Waals surface area (Å²) < 4.78 is 0. The first-order chi connectivity index (χ1) is 8.61. The number of carbonyl (C=O) groups excluding carboxylic acids is 1. The fourth-order valence-electron chi connectivity index (χ4n) is 1.72. The topological polar surface area (TPSA) is 121 Å². The zero-order valence-corrected chi connectivity index (χ0v) is 9.59. The molecule has 0 bridgehead atoms. The molecule has 96 valence electrons. The van der Waals surface area contributed by atoms with Crippen molar-refractivity contribution in [2.24, 2.45) is 16.8 Å². The van der Waals surface area contributed by atoms with Crippen LogP contribution in [0.4, 0.5) is 0 Å². The van der Waals surface area contributed by atoms with Gasteiger partial charge < -0.3 is 21.2 Å². The molecule has 7 nitrogen and oxygen atoms in total. The minimum Gasteiger partial charge on any atom is -0.409 e. The molecule has 0 radical (unpaired) electrons. The van der Waals surface area contributed by atoms with Gasteiger partial charge in [-0.05, 0) is 24.8 Å². The van der Waals surface area contributed by atoms with Crippen LogP contribution in [0.3, 0.4) is 0 Å². The lowest BCUT2D eigenvalue weighted by Crippen LogP contribution is -2.46. The Labute approximate surface area is 103 Å². The molecular formula is C11H14N4O3. The molecule has 1 fully saturated rings. The first kappa shape index (κ1) is 12.2. The lowest BCUT2D eigenvalue weighted by Gasteiger charge is -2.16. The predicted octanol–water partition coefficient (Wildman–Crippen LogP) is -0.370. The Morgan fingerprint density at radius 2 is 2.28 bits per heavy atom. The van der Waals surface area contributed by atoms with E-state index in [1.807, 2.05) is 0 Å². The van der Waals surface area contributed by atoms with Gasteiger partial charge in [-0.3, -0.25) is 9.59 Å². The van der Waals surface area contributed by atoms with Crippen LogP contribution in [-0.4, -0.2) is 28.0 Å². The lowest BCUT2D eigenvalue weighted by molar-refractivity contribution is 0.0937. The Balaban J connectivity index is 2.12. The molecule has 1 atom stereocenters. The maximum atomic E-state index is 11.9. The van der Waals surface area contributed by atoms with Gasteiger partial charge in [0.05, 0.1) is 6.04 Å². The number of hydrogen-bond donors (Lipinski definition) is 4. The molecule has 0 aromatic carbocycles. The number of H-pyrrole nitrogens is 1. The Hall–Kier alpha value is -2.31. The first-order valence-electron chi connectivity index (χ1n) is 5.59. The van der Waals surface area contributed by atoms with Crippen LogP contribution >= 0.6 is 0 Å². The summed E-state index contributed by atoms with van der Waals surface area (Å²) in [5.74, 6) is -0.277. The molecule has 0 spiro atoms. The van der Waals surface area contributed by atoms with E-state index in [1.54, 1.807) is 0 Å². The van der Waals surface area contributed by atoms with Gasteiger partial charge in [0.1, 0.15) is 5.69 Å². The zero-order valence-electron chi connectivity index (χ0n) is 9.59. The smallest absolute Gasteiger partial charge is 0.268 e. The van der Waals surface area contributed by atoms with Gasteiger partial charge in [-0.2, -0.15) is 0 Å². The molecule has 7 heteroatoms. The van der Waals surface area contributed by atoms with Crippen LogP contribution in [0, 0.1) is 5.92 Å². The summed E-state index contributed by atoms with van der Waals surface area (Å²) >= 11 is 0.